The van der Waals surface area contributed by atoms with Gasteiger partial charge in [0.15, 0.2) is 0 Å². The van der Waals surface area contributed by atoms with Crippen LogP contribution < -0.4 is 15.0 Å². The lowest BCUT2D eigenvalue weighted by atomic mass is 9.69. The van der Waals surface area contributed by atoms with E-state index in [0.29, 0.717) is 0 Å². The van der Waals surface area contributed by atoms with Crippen LogP contribution in [-0.2, 0) is 27.1 Å². The zero-order valence-corrected chi connectivity index (χ0v) is 48.4. The van der Waals surface area contributed by atoms with Crippen LogP contribution in [0.25, 0.3) is 33.4 Å². The second-order valence-corrected chi connectivity index (χ2v) is 31.7. The first-order valence-electron chi connectivity index (χ1n) is 27.7. The molecule has 12 rings (SSSR count). The Kier molecular flexibility index (Phi) is 11.2. The van der Waals surface area contributed by atoms with Crippen molar-refractivity contribution in [2.45, 2.75) is 123 Å². The molecule has 380 valence electrons. The SMILES string of the molecule is CC(C)(C)c1ccc(N(c2ccc([Si](C)(C)C)cc2)c2ccc3c(c2)C2(c4ccccc4-c4ccccc42)c2cc(N(c4ccc(C(C)(C)C)cc4)c4ccc(C(C)(C)C)cc4)c4c(c2-3)C(C)(C)c2ccccc2-4)cc1. The predicted molar refractivity (Wildman–Crippen MR) is 329 cm³/mol. The van der Waals surface area contributed by atoms with Crippen molar-refractivity contribution in [1.82, 2.24) is 0 Å². The van der Waals surface area contributed by atoms with Gasteiger partial charge >= 0.3 is 0 Å². The van der Waals surface area contributed by atoms with Gasteiger partial charge in [0.05, 0.1) is 19.2 Å². The topological polar surface area (TPSA) is 6.48 Å². The van der Waals surface area contributed by atoms with E-state index in [4.69, 9.17) is 0 Å². The average Bonchev–Trinajstić information content (AvgIpc) is 4.12. The molecule has 0 bridgehead atoms. The molecule has 0 amide bonds. The monoisotopic (exact) mass is 1010 g/mol. The molecular formula is C73H74N2Si. The molecule has 76 heavy (non-hydrogen) atoms. The van der Waals surface area contributed by atoms with E-state index in [1.165, 1.54) is 94.3 Å². The molecule has 0 aliphatic heterocycles. The summed E-state index contributed by atoms with van der Waals surface area (Å²) in [5.74, 6) is 0. The summed E-state index contributed by atoms with van der Waals surface area (Å²) >= 11 is 0. The van der Waals surface area contributed by atoms with Crippen LogP contribution in [0.15, 0.2) is 194 Å². The molecule has 9 aromatic carbocycles. The maximum absolute atomic E-state index is 2.64. The van der Waals surface area contributed by atoms with Crippen LogP contribution >= 0.6 is 0 Å². The first kappa shape index (κ1) is 49.7. The maximum atomic E-state index is 2.64. The van der Waals surface area contributed by atoms with E-state index >= 15 is 0 Å². The minimum Gasteiger partial charge on any atom is -0.310 e. The number of fused-ring (bicyclic) bond motifs is 14. The molecule has 0 saturated carbocycles. The second-order valence-electron chi connectivity index (χ2n) is 26.7. The number of hydrogen-bond acceptors (Lipinski definition) is 2. The standard InChI is InChI=1S/C73H74N2Si/c1-69(2,3)47-27-33-50(34-28-47)74(51-39-42-55(43-40-51)76(12,13)14)54-41-44-59-63(45-54)73(61-25-19-15-21-56(61)57-22-16-20-26-62(57)73)64-46-65(67-58-23-17-18-24-60(58)72(10,11)68(67)66(59)64)75(52-35-29-48(30-36-52)70(4,5)6)53-37-31-49(32-38-53)71(7,8)9/h15-46H,1-14H3. The Morgan fingerprint density at radius 2 is 0.724 bits per heavy atom. The number of hydrogen-bond donors (Lipinski definition) is 0. The fourth-order valence-electron chi connectivity index (χ4n) is 13.2. The van der Waals surface area contributed by atoms with Gasteiger partial charge in [-0.1, -0.05) is 228 Å². The lowest BCUT2D eigenvalue weighted by Crippen LogP contribution is -2.37. The van der Waals surface area contributed by atoms with Crippen LogP contribution in [-0.4, -0.2) is 8.07 Å². The predicted octanol–water partition coefficient (Wildman–Crippen LogP) is 19.7. The summed E-state index contributed by atoms with van der Waals surface area (Å²) in [6.07, 6.45) is 0. The van der Waals surface area contributed by atoms with Crippen molar-refractivity contribution in [3.05, 3.63) is 244 Å². The van der Waals surface area contributed by atoms with E-state index in [9.17, 15) is 0 Å². The second kappa shape index (κ2) is 17.2. The van der Waals surface area contributed by atoms with Crippen LogP contribution in [0, 0.1) is 0 Å². The molecule has 0 saturated heterocycles. The van der Waals surface area contributed by atoms with Gasteiger partial charge in [0.25, 0.3) is 0 Å². The highest BCUT2D eigenvalue weighted by Crippen LogP contribution is 2.68. The molecular weight excluding hydrogens is 933 g/mol. The van der Waals surface area contributed by atoms with Crippen LogP contribution in [0.5, 0.6) is 0 Å². The molecule has 0 unspecified atom stereocenters. The van der Waals surface area contributed by atoms with E-state index in [2.05, 4.69) is 300 Å². The van der Waals surface area contributed by atoms with Gasteiger partial charge in [-0.05, 0) is 161 Å². The number of rotatable bonds is 7. The van der Waals surface area contributed by atoms with Crippen molar-refractivity contribution < 1.29 is 0 Å². The van der Waals surface area contributed by atoms with Crippen LogP contribution in [0.2, 0.25) is 19.6 Å². The van der Waals surface area contributed by atoms with Gasteiger partial charge in [0, 0.05) is 39.4 Å². The highest BCUT2D eigenvalue weighted by Gasteiger charge is 2.55. The van der Waals surface area contributed by atoms with Crippen molar-refractivity contribution in [2.75, 3.05) is 9.80 Å². The van der Waals surface area contributed by atoms with Crippen LogP contribution in [0.1, 0.15) is 126 Å². The Bertz CT molecular complexity index is 3570. The summed E-state index contributed by atoms with van der Waals surface area (Å²) in [5, 5.41) is 1.46. The fraction of sp³-hybridized carbons (Fsp3) is 0.260. The molecule has 0 N–H and O–H groups in total. The van der Waals surface area contributed by atoms with E-state index in [1.54, 1.807) is 0 Å². The fourth-order valence-corrected chi connectivity index (χ4v) is 14.3. The average molecular weight is 1010 g/mol. The molecule has 9 aromatic rings. The molecule has 0 heterocycles. The number of benzene rings is 9. The first-order chi connectivity index (χ1) is 36.0. The van der Waals surface area contributed by atoms with Crippen molar-refractivity contribution in [2.24, 2.45) is 0 Å². The molecule has 3 aliphatic rings. The summed E-state index contributed by atoms with van der Waals surface area (Å²) in [4.78, 5) is 5.09. The molecule has 0 fully saturated rings. The van der Waals surface area contributed by atoms with E-state index in [1.807, 2.05) is 0 Å². The summed E-state index contributed by atoms with van der Waals surface area (Å²) in [5.41, 5.74) is 26.0. The zero-order valence-electron chi connectivity index (χ0n) is 47.4. The largest absolute Gasteiger partial charge is 0.310 e. The molecule has 1 spiro atoms. The van der Waals surface area contributed by atoms with Crippen LogP contribution in [0.3, 0.4) is 0 Å². The van der Waals surface area contributed by atoms with Crippen molar-refractivity contribution in [3.8, 4) is 33.4 Å². The van der Waals surface area contributed by atoms with Crippen molar-refractivity contribution in [3.63, 3.8) is 0 Å². The number of nitrogens with zero attached hydrogens (tertiary/aromatic N) is 2. The minimum absolute atomic E-state index is 0.0126. The van der Waals surface area contributed by atoms with E-state index in [-0.39, 0.29) is 21.7 Å². The summed E-state index contributed by atoms with van der Waals surface area (Å²) in [6, 6.07) is 75.6. The summed E-state index contributed by atoms with van der Waals surface area (Å²) < 4.78 is 0. The summed E-state index contributed by atoms with van der Waals surface area (Å²) in [6.45, 7) is 33.0. The Morgan fingerprint density at radius 1 is 0.342 bits per heavy atom. The first-order valence-corrected chi connectivity index (χ1v) is 31.2. The van der Waals surface area contributed by atoms with Gasteiger partial charge in [-0.15, -0.1) is 0 Å². The third-order valence-electron chi connectivity index (χ3n) is 17.3. The number of anilines is 6. The highest BCUT2D eigenvalue weighted by atomic mass is 28.3. The van der Waals surface area contributed by atoms with Crippen molar-refractivity contribution >= 4 is 47.4 Å². The summed E-state index contributed by atoms with van der Waals surface area (Å²) in [7, 11) is -1.56. The molecule has 3 aliphatic carbocycles. The highest BCUT2D eigenvalue weighted by molar-refractivity contribution is 6.88. The van der Waals surface area contributed by atoms with Crippen molar-refractivity contribution in [1.29, 1.82) is 0 Å². The van der Waals surface area contributed by atoms with Gasteiger partial charge < -0.3 is 9.80 Å². The van der Waals surface area contributed by atoms with Gasteiger partial charge in [-0.2, -0.15) is 0 Å². The van der Waals surface area contributed by atoms with E-state index in [0.717, 1.165) is 28.4 Å². The Hall–Kier alpha value is -7.20. The smallest absolute Gasteiger partial charge is 0.0775 e. The Labute approximate surface area is 455 Å². The molecule has 0 aromatic heterocycles. The van der Waals surface area contributed by atoms with Gasteiger partial charge in [0.2, 0.25) is 0 Å². The third-order valence-corrected chi connectivity index (χ3v) is 19.4. The lowest BCUT2D eigenvalue weighted by molar-refractivity contribution is 0.590. The Balaban J connectivity index is 1.20. The van der Waals surface area contributed by atoms with Crippen LogP contribution in [0.4, 0.5) is 34.1 Å². The van der Waals surface area contributed by atoms with Gasteiger partial charge in [-0.25, -0.2) is 0 Å². The van der Waals surface area contributed by atoms with Gasteiger partial charge in [0.1, 0.15) is 0 Å². The van der Waals surface area contributed by atoms with Gasteiger partial charge in [-0.3, -0.25) is 0 Å². The van der Waals surface area contributed by atoms with E-state index < -0.39 is 13.5 Å². The minimum atomic E-state index is -1.56. The normalized spacial score (nSPS) is 14.7. The molecule has 0 atom stereocenters. The third kappa shape index (κ3) is 7.62. The zero-order chi connectivity index (χ0) is 53.5. The quantitative estimate of drug-likeness (QED) is 0.147. The molecule has 0 radical (unpaired) electrons. The maximum Gasteiger partial charge on any atom is 0.0775 e. The molecule has 2 nitrogen and oxygen atoms in total. The lowest BCUT2D eigenvalue weighted by Gasteiger charge is -2.35. The molecule has 3 heteroatoms. The Morgan fingerprint density at radius 3 is 1.17 bits per heavy atom.